The minimum atomic E-state index is 0.583. The number of benzene rings is 1. The number of imidazole rings is 1. The highest BCUT2D eigenvalue weighted by atomic mass is 15.1. The van der Waals surface area contributed by atoms with Gasteiger partial charge in [-0.15, -0.1) is 0 Å². The van der Waals surface area contributed by atoms with Gasteiger partial charge in [0.15, 0.2) is 5.95 Å². The van der Waals surface area contributed by atoms with Gasteiger partial charge in [0.05, 0.1) is 5.69 Å². The molecule has 84 valence electrons. The van der Waals surface area contributed by atoms with Gasteiger partial charge in [-0.2, -0.15) is 0 Å². The highest BCUT2D eigenvalue weighted by Gasteiger charge is 2.09. The molecule has 0 unspecified atom stereocenters. The Bertz CT molecular complexity index is 512. The maximum atomic E-state index is 5.78. The second kappa shape index (κ2) is 4.00. The summed E-state index contributed by atoms with van der Waals surface area (Å²) in [6.07, 6.45) is 0.883. The van der Waals surface area contributed by atoms with E-state index in [1.54, 1.807) is 0 Å². The van der Waals surface area contributed by atoms with E-state index in [2.05, 4.69) is 36.2 Å². The zero-order chi connectivity index (χ0) is 11.7. The van der Waals surface area contributed by atoms with Crippen LogP contribution in [0, 0.1) is 13.8 Å². The van der Waals surface area contributed by atoms with Crippen LogP contribution in [-0.2, 0) is 13.5 Å². The zero-order valence-corrected chi connectivity index (χ0v) is 9.99. The molecule has 0 bridgehead atoms. The molecule has 2 aromatic rings. The van der Waals surface area contributed by atoms with Crippen molar-refractivity contribution in [3.63, 3.8) is 0 Å². The van der Waals surface area contributed by atoms with Gasteiger partial charge in [0, 0.05) is 19.2 Å². The van der Waals surface area contributed by atoms with Crippen molar-refractivity contribution in [3.8, 4) is 0 Å². The van der Waals surface area contributed by atoms with Crippen LogP contribution < -0.4 is 5.73 Å². The van der Waals surface area contributed by atoms with Gasteiger partial charge in [0.2, 0.25) is 0 Å². The first-order valence-electron chi connectivity index (χ1n) is 5.41. The number of hydrogen-bond acceptors (Lipinski definition) is 2. The Morgan fingerprint density at radius 1 is 1.31 bits per heavy atom. The van der Waals surface area contributed by atoms with Gasteiger partial charge in [-0.25, -0.2) is 4.98 Å². The predicted octanol–water partition coefficient (Wildman–Crippen LogP) is 2.21. The van der Waals surface area contributed by atoms with Crippen molar-refractivity contribution in [3.05, 3.63) is 46.8 Å². The molecule has 0 aliphatic carbocycles. The van der Waals surface area contributed by atoms with E-state index < -0.39 is 0 Å². The maximum Gasteiger partial charge on any atom is 0.200 e. The highest BCUT2D eigenvalue weighted by Crippen LogP contribution is 2.16. The molecule has 0 saturated heterocycles. The number of rotatable bonds is 2. The lowest BCUT2D eigenvalue weighted by Crippen LogP contribution is -2.02. The molecule has 2 N–H and O–H groups in total. The van der Waals surface area contributed by atoms with Crippen LogP contribution in [0.3, 0.4) is 0 Å². The summed E-state index contributed by atoms with van der Waals surface area (Å²) in [6.45, 7) is 4.11. The fourth-order valence-electron chi connectivity index (χ4n) is 1.95. The lowest BCUT2D eigenvalue weighted by molar-refractivity contribution is 0.852. The average Bonchev–Trinajstić information content (AvgIpc) is 2.45. The SMILES string of the molecule is Cc1cccc(Cc2c(C)nc(N)n2C)c1. The molecule has 16 heavy (non-hydrogen) atoms. The molecule has 1 heterocycles. The number of aromatic nitrogens is 2. The largest absolute Gasteiger partial charge is 0.369 e. The van der Waals surface area contributed by atoms with Gasteiger partial charge < -0.3 is 10.3 Å². The topological polar surface area (TPSA) is 43.8 Å². The standard InChI is InChI=1S/C13H17N3/c1-9-5-4-6-11(7-9)8-12-10(2)15-13(14)16(12)3/h4-7H,8H2,1-3H3,(H2,14,15). The molecule has 0 radical (unpaired) electrons. The van der Waals surface area contributed by atoms with Gasteiger partial charge in [-0.3, -0.25) is 0 Å². The molecule has 0 amide bonds. The summed E-state index contributed by atoms with van der Waals surface area (Å²) >= 11 is 0. The number of hydrogen-bond donors (Lipinski definition) is 1. The van der Waals surface area contributed by atoms with Crippen LogP contribution in [0.5, 0.6) is 0 Å². The molecule has 1 aromatic carbocycles. The summed E-state index contributed by atoms with van der Waals surface area (Å²) in [4.78, 5) is 4.27. The van der Waals surface area contributed by atoms with Crippen LogP contribution >= 0.6 is 0 Å². The Balaban J connectivity index is 2.34. The van der Waals surface area contributed by atoms with Crippen molar-refractivity contribution >= 4 is 5.95 Å². The number of nitrogen functional groups attached to an aromatic ring is 1. The normalized spacial score (nSPS) is 10.7. The average molecular weight is 215 g/mol. The molecule has 0 fully saturated rings. The fourth-order valence-corrected chi connectivity index (χ4v) is 1.95. The lowest BCUT2D eigenvalue weighted by atomic mass is 10.1. The minimum absolute atomic E-state index is 0.583. The summed E-state index contributed by atoms with van der Waals surface area (Å²) in [7, 11) is 1.96. The summed E-state index contributed by atoms with van der Waals surface area (Å²) in [5, 5.41) is 0. The van der Waals surface area contributed by atoms with Gasteiger partial charge in [-0.05, 0) is 19.4 Å². The van der Waals surface area contributed by atoms with Crippen molar-refractivity contribution < 1.29 is 0 Å². The summed E-state index contributed by atoms with van der Waals surface area (Å²) in [6, 6.07) is 8.52. The van der Waals surface area contributed by atoms with Crippen LogP contribution in [-0.4, -0.2) is 9.55 Å². The lowest BCUT2D eigenvalue weighted by Gasteiger charge is -2.05. The molecule has 0 aliphatic heterocycles. The smallest absolute Gasteiger partial charge is 0.200 e. The number of nitrogens with zero attached hydrogens (tertiary/aromatic N) is 2. The fraction of sp³-hybridized carbons (Fsp3) is 0.308. The van der Waals surface area contributed by atoms with Crippen molar-refractivity contribution in [2.24, 2.45) is 7.05 Å². The Hall–Kier alpha value is -1.77. The van der Waals surface area contributed by atoms with Gasteiger partial charge in [0.1, 0.15) is 0 Å². The first-order valence-corrected chi connectivity index (χ1v) is 5.41. The first kappa shape index (κ1) is 10.7. The Morgan fingerprint density at radius 3 is 2.62 bits per heavy atom. The third-order valence-corrected chi connectivity index (χ3v) is 2.90. The van der Waals surface area contributed by atoms with Crippen molar-refractivity contribution in [1.82, 2.24) is 9.55 Å². The predicted molar refractivity (Wildman–Crippen MR) is 66.3 cm³/mol. The Morgan fingerprint density at radius 2 is 2.06 bits per heavy atom. The molecule has 0 saturated carbocycles. The number of anilines is 1. The van der Waals surface area contributed by atoms with Crippen LogP contribution in [0.4, 0.5) is 5.95 Å². The minimum Gasteiger partial charge on any atom is -0.369 e. The molecule has 0 atom stereocenters. The monoisotopic (exact) mass is 215 g/mol. The molecule has 2 rings (SSSR count). The van der Waals surface area contributed by atoms with E-state index in [0.717, 1.165) is 12.1 Å². The van der Waals surface area contributed by atoms with Crippen LogP contribution in [0.1, 0.15) is 22.5 Å². The summed E-state index contributed by atoms with van der Waals surface area (Å²) in [5.41, 5.74) is 10.6. The molecular weight excluding hydrogens is 198 g/mol. The van der Waals surface area contributed by atoms with E-state index in [4.69, 9.17) is 5.73 Å². The van der Waals surface area contributed by atoms with E-state index in [1.165, 1.54) is 16.8 Å². The third-order valence-electron chi connectivity index (χ3n) is 2.90. The van der Waals surface area contributed by atoms with E-state index in [1.807, 2.05) is 18.5 Å². The van der Waals surface area contributed by atoms with Crippen molar-refractivity contribution in [1.29, 1.82) is 0 Å². The van der Waals surface area contributed by atoms with Crippen LogP contribution in [0.15, 0.2) is 24.3 Å². The zero-order valence-electron chi connectivity index (χ0n) is 9.99. The van der Waals surface area contributed by atoms with Crippen LogP contribution in [0.2, 0.25) is 0 Å². The van der Waals surface area contributed by atoms with Crippen molar-refractivity contribution in [2.45, 2.75) is 20.3 Å². The number of aryl methyl sites for hydroxylation is 2. The molecule has 3 heteroatoms. The molecule has 3 nitrogen and oxygen atoms in total. The second-order valence-corrected chi connectivity index (χ2v) is 4.23. The van der Waals surface area contributed by atoms with E-state index in [9.17, 15) is 0 Å². The maximum absolute atomic E-state index is 5.78. The molecule has 0 aliphatic rings. The quantitative estimate of drug-likeness (QED) is 0.834. The van der Waals surface area contributed by atoms with Gasteiger partial charge in [-0.1, -0.05) is 29.8 Å². The van der Waals surface area contributed by atoms with Crippen molar-refractivity contribution in [2.75, 3.05) is 5.73 Å². The molecule has 1 aromatic heterocycles. The first-order chi connectivity index (χ1) is 7.58. The van der Waals surface area contributed by atoms with Crippen LogP contribution in [0.25, 0.3) is 0 Å². The summed E-state index contributed by atoms with van der Waals surface area (Å²) in [5.74, 6) is 0.583. The van der Waals surface area contributed by atoms with E-state index in [0.29, 0.717) is 5.95 Å². The Labute approximate surface area is 95.9 Å². The third kappa shape index (κ3) is 1.94. The van der Waals surface area contributed by atoms with E-state index in [-0.39, 0.29) is 0 Å². The number of nitrogens with two attached hydrogens (primary N) is 1. The van der Waals surface area contributed by atoms with E-state index >= 15 is 0 Å². The highest BCUT2D eigenvalue weighted by molar-refractivity contribution is 5.33. The van der Waals surface area contributed by atoms with Gasteiger partial charge in [0.25, 0.3) is 0 Å². The van der Waals surface area contributed by atoms with Gasteiger partial charge >= 0.3 is 0 Å². The second-order valence-electron chi connectivity index (χ2n) is 4.23. The summed E-state index contributed by atoms with van der Waals surface area (Å²) < 4.78 is 1.96. The molecule has 0 spiro atoms. The Kier molecular flexibility index (Phi) is 2.69. The molecular formula is C13H17N3.